The second-order valence-electron chi connectivity index (χ2n) is 3.52. The van der Waals surface area contributed by atoms with E-state index < -0.39 is 11.9 Å². The Balaban J connectivity index is 2.33. The standard InChI is InChI=1S/C12H10ClFOS/c1-7-2-5-11(16-7)12(15)8-3-4-10(14)9(13)6-8/h2-6,12,15H,1H3. The predicted molar refractivity (Wildman–Crippen MR) is 64.5 cm³/mol. The van der Waals surface area contributed by atoms with Crippen molar-refractivity contribution in [3.8, 4) is 0 Å². The van der Waals surface area contributed by atoms with Gasteiger partial charge in [0.05, 0.1) is 5.02 Å². The number of halogens is 2. The average Bonchev–Trinajstić information content (AvgIpc) is 2.68. The van der Waals surface area contributed by atoms with Crippen LogP contribution in [-0.2, 0) is 0 Å². The molecule has 2 rings (SSSR count). The highest BCUT2D eigenvalue weighted by atomic mass is 35.5. The quantitative estimate of drug-likeness (QED) is 0.863. The number of thiophene rings is 1. The Morgan fingerprint density at radius 3 is 2.62 bits per heavy atom. The van der Waals surface area contributed by atoms with Gasteiger partial charge in [-0.25, -0.2) is 4.39 Å². The van der Waals surface area contributed by atoms with E-state index in [1.54, 1.807) is 6.07 Å². The molecule has 1 unspecified atom stereocenters. The highest BCUT2D eigenvalue weighted by molar-refractivity contribution is 7.12. The smallest absolute Gasteiger partial charge is 0.141 e. The van der Waals surface area contributed by atoms with Gasteiger partial charge in [-0.15, -0.1) is 11.3 Å². The van der Waals surface area contributed by atoms with Crippen molar-refractivity contribution >= 4 is 22.9 Å². The summed E-state index contributed by atoms with van der Waals surface area (Å²) in [5.41, 5.74) is 0.605. The fourth-order valence-electron chi connectivity index (χ4n) is 1.45. The summed E-state index contributed by atoms with van der Waals surface area (Å²) in [7, 11) is 0. The number of aryl methyl sites for hydroxylation is 1. The van der Waals surface area contributed by atoms with Crippen molar-refractivity contribution in [2.45, 2.75) is 13.0 Å². The summed E-state index contributed by atoms with van der Waals surface area (Å²) in [4.78, 5) is 1.96. The molecule has 0 spiro atoms. The van der Waals surface area contributed by atoms with Crippen molar-refractivity contribution in [1.29, 1.82) is 0 Å². The van der Waals surface area contributed by atoms with Gasteiger partial charge in [0.25, 0.3) is 0 Å². The molecule has 84 valence electrons. The van der Waals surface area contributed by atoms with E-state index in [2.05, 4.69) is 0 Å². The second-order valence-corrected chi connectivity index (χ2v) is 5.25. The molecular weight excluding hydrogens is 247 g/mol. The highest BCUT2D eigenvalue weighted by Crippen LogP contribution is 2.29. The van der Waals surface area contributed by atoms with Gasteiger partial charge in [0, 0.05) is 9.75 Å². The number of aliphatic hydroxyl groups is 1. The third kappa shape index (κ3) is 2.26. The largest absolute Gasteiger partial charge is 0.383 e. The zero-order chi connectivity index (χ0) is 11.7. The number of hydrogen-bond acceptors (Lipinski definition) is 2. The first-order valence-electron chi connectivity index (χ1n) is 4.77. The van der Waals surface area contributed by atoms with Gasteiger partial charge in [-0.1, -0.05) is 17.7 Å². The van der Waals surface area contributed by atoms with Crippen LogP contribution in [0.1, 0.15) is 21.4 Å². The Labute approximate surface area is 102 Å². The molecule has 1 N–H and O–H groups in total. The molecule has 0 radical (unpaired) electrons. The lowest BCUT2D eigenvalue weighted by Gasteiger charge is -2.09. The van der Waals surface area contributed by atoms with Gasteiger partial charge >= 0.3 is 0 Å². The van der Waals surface area contributed by atoms with Crippen LogP contribution < -0.4 is 0 Å². The topological polar surface area (TPSA) is 20.2 Å². The summed E-state index contributed by atoms with van der Waals surface area (Å²) in [6.07, 6.45) is -0.739. The molecule has 0 fully saturated rings. The van der Waals surface area contributed by atoms with Gasteiger partial charge in [-0.3, -0.25) is 0 Å². The molecule has 0 aliphatic heterocycles. The fraction of sp³-hybridized carbons (Fsp3) is 0.167. The van der Waals surface area contributed by atoms with Gasteiger partial charge in [-0.2, -0.15) is 0 Å². The summed E-state index contributed by atoms with van der Waals surface area (Å²) in [6.45, 7) is 1.97. The highest BCUT2D eigenvalue weighted by Gasteiger charge is 2.13. The van der Waals surface area contributed by atoms with Crippen LogP contribution in [0.4, 0.5) is 4.39 Å². The maximum absolute atomic E-state index is 13.0. The van der Waals surface area contributed by atoms with Crippen LogP contribution in [0.5, 0.6) is 0 Å². The zero-order valence-corrected chi connectivity index (χ0v) is 10.1. The Hall–Kier alpha value is -0.900. The lowest BCUT2D eigenvalue weighted by atomic mass is 10.1. The number of rotatable bonds is 2. The number of hydrogen-bond donors (Lipinski definition) is 1. The monoisotopic (exact) mass is 256 g/mol. The Morgan fingerprint density at radius 2 is 2.06 bits per heavy atom. The molecule has 4 heteroatoms. The molecular formula is C12H10ClFOS. The van der Waals surface area contributed by atoms with Crippen molar-refractivity contribution in [3.05, 3.63) is 56.5 Å². The summed E-state index contributed by atoms with van der Waals surface area (Å²) in [5, 5.41) is 10.1. The van der Waals surface area contributed by atoms with Crippen molar-refractivity contribution < 1.29 is 9.50 Å². The summed E-state index contributed by atoms with van der Waals surface area (Å²) >= 11 is 7.18. The maximum atomic E-state index is 13.0. The van der Waals surface area contributed by atoms with Crippen LogP contribution in [0, 0.1) is 12.7 Å². The lowest BCUT2D eigenvalue weighted by Crippen LogP contribution is -1.97. The van der Waals surface area contributed by atoms with Gasteiger partial charge in [0.1, 0.15) is 11.9 Å². The molecule has 0 saturated heterocycles. The van der Waals surface area contributed by atoms with E-state index in [4.69, 9.17) is 11.6 Å². The molecule has 1 aromatic heterocycles. The fourth-order valence-corrected chi connectivity index (χ4v) is 2.53. The van der Waals surface area contributed by atoms with E-state index in [0.29, 0.717) is 5.56 Å². The first-order chi connectivity index (χ1) is 7.58. The van der Waals surface area contributed by atoms with Crippen LogP contribution in [0.25, 0.3) is 0 Å². The van der Waals surface area contributed by atoms with E-state index >= 15 is 0 Å². The Bertz CT molecular complexity index is 509. The SMILES string of the molecule is Cc1ccc(C(O)c2ccc(F)c(Cl)c2)s1. The zero-order valence-electron chi connectivity index (χ0n) is 8.58. The minimum atomic E-state index is -0.739. The average molecular weight is 257 g/mol. The van der Waals surface area contributed by atoms with E-state index in [9.17, 15) is 9.50 Å². The third-order valence-electron chi connectivity index (χ3n) is 2.29. The van der Waals surface area contributed by atoms with E-state index in [1.165, 1.54) is 23.5 Å². The van der Waals surface area contributed by atoms with Crippen molar-refractivity contribution in [3.63, 3.8) is 0 Å². The molecule has 0 saturated carbocycles. The Kier molecular flexibility index (Phi) is 3.28. The minimum Gasteiger partial charge on any atom is -0.383 e. The molecule has 1 heterocycles. The lowest BCUT2D eigenvalue weighted by molar-refractivity contribution is 0.224. The van der Waals surface area contributed by atoms with Crippen LogP contribution in [0.3, 0.4) is 0 Å². The minimum absolute atomic E-state index is 0.0322. The molecule has 1 nitrogen and oxygen atoms in total. The van der Waals surface area contributed by atoms with Crippen LogP contribution >= 0.6 is 22.9 Å². The van der Waals surface area contributed by atoms with Gasteiger partial charge in [0.2, 0.25) is 0 Å². The van der Waals surface area contributed by atoms with E-state index in [1.807, 2.05) is 19.1 Å². The van der Waals surface area contributed by atoms with Gasteiger partial charge in [0.15, 0.2) is 0 Å². The predicted octanol–water partition coefficient (Wildman–Crippen LogP) is 3.93. The Morgan fingerprint density at radius 1 is 1.31 bits per heavy atom. The maximum Gasteiger partial charge on any atom is 0.141 e. The van der Waals surface area contributed by atoms with Crippen molar-refractivity contribution in [2.75, 3.05) is 0 Å². The molecule has 1 aromatic carbocycles. The van der Waals surface area contributed by atoms with Gasteiger partial charge < -0.3 is 5.11 Å². The number of benzene rings is 1. The third-order valence-corrected chi connectivity index (χ3v) is 3.63. The molecule has 2 aromatic rings. The van der Waals surface area contributed by atoms with Crippen molar-refractivity contribution in [1.82, 2.24) is 0 Å². The second kappa shape index (κ2) is 4.53. The molecule has 0 amide bonds. The van der Waals surface area contributed by atoms with Crippen molar-refractivity contribution in [2.24, 2.45) is 0 Å². The molecule has 1 atom stereocenters. The van der Waals surface area contributed by atoms with E-state index in [-0.39, 0.29) is 5.02 Å². The van der Waals surface area contributed by atoms with E-state index in [0.717, 1.165) is 9.75 Å². The van der Waals surface area contributed by atoms with Crippen LogP contribution in [0.2, 0.25) is 5.02 Å². The molecule has 0 aliphatic rings. The molecule has 16 heavy (non-hydrogen) atoms. The molecule has 0 bridgehead atoms. The number of aliphatic hydroxyl groups excluding tert-OH is 1. The normalized spacial score (nSPS) is 12.8. The van der Waals surface area contributed by atoms with Gasteiger partial charge in [-0.05, 0) is 36.8 Å². The summed E-state index contributed by atoms with van der Waals surface area (Å²) in [5.74, 6) is -0.472. The first kappa shape index (κ1) is 11.6. The molecule has 0 aliphatic carbocycles. The first-order valence-corrected chi connectivity index (χ1v) is 5.96. The van der Waals surface area contributed by atoms with Crippen LogP contribution in [-0.4, -0.2) is 5.11 Å². The summed E-state index contributed by atoms with van der Waals surface area (Å²) in [6, 6.07) is 8.06. The van der Waals surface area contributed by atoms with Crippen LogP contribution in [0.15, 0.2) is 30.3 Å². The summed E-state index contributed by atoms with van der Waals surface area (Å²) < 4.78 is 13.0.